The topological polar surface area (TPSA) is 58.8 Å². The Hall–Kier alpha value is -0.410. The normalized spacial score (nSPS) is 15.8. The highest BCUT2D eigenvalue weighted by Gasteiger charge is 2.31. The van der Waals surface area contributed by atoms with Crippen molar-refractivity contribution in [2.45, 2.75) is 25.3 Å². The SMILES string of the molecule is COCC(NC(=NCCSC)NCCc1ccco1)C1CC1.I. The van der Waals surface area contributed by atoms with Crippen LogP contribution in [0.5, 0.6) is 0 Å². The van der Waals surface area contributed by atoms with Crippen molar-refractivity contribution >= 4 is 41.7 Å². The van der Waals surface area contributed by atoms with Crippen LogP contribution < -0.4 is 10.6 Å². The van der Waals surface area contributed by atoms with E-state index >= 15 is 0 Å². The Morgan fingerprint density at radius 1 is 1.52 bits per heavy atom. The number of ether oxygens (including phenoxy) is 1. The number of nitrogens with zero attached hydrogens (tertiary/aromatic N) is 1. The molecule has 7 heteroatoms. The predicted octanol–water partition coefficient (Wildman–Crippen LogP) is 2.76. The third-order valence-electron chi connectivity index (χ3n) is 3.67. The van der Waals surface area contributed by atoms with Crippen molar-refractivity contribution in [3.8, 4) is 0 Å². The molecule has 1 saturated carbocycles. The molecule has 5 nitrogen and oxygen atoms in total. The van der Waals surface area contributed by atoms with Crippen LogP contribution in [0.4, 0.5) is 0 Å². The summed E-state index contributed by atoms with van der Waals surface area (Å²) in [4.78, 5) is 4.65. The fourth-order valence-corrected chi connectivity index (χ4v) is 2.58. The van der Waals surface area contributed by atoms with Gasteiger partial charge < -0.3 is 19.8 Å². The van der Waals surface area contributed by atoms with Crippen molar-refractivity contribution in [1.82, 2.24) is 10.6 Å². The molecule has 0 aromatic carbocycles. The number of halogens is 1. The summed E-state index contributed by atoms with van der Waals surface area (Å²) in [6, 6.07) is 4.27. The number of nitrogens with one attached hydrogen (secondary N) is 2. The minimum absolute atomic E-state index is 0. The zero-order valence-electron chi connectivity index (χ0n) is 13.9. The van der Waals surface area contributed by atoms with E-state index in [9.17, 15) is 0 Å². The molecule has 2 N–H and O–H groups in total. The molecule has 0 spiro atoms. The van der Waals surface area contributed by atoms with E-state index in [0.717, 1.165) is 49.5 Å². The second-order valence-corrected chi connectivity index (χ2v) is 6.51. The largest absolute Gasteiger partial charge is 0.469 e. The van der Waals surface area contributed by atoms with E-state index in [4.69, 9.17) is 9.15 Å². The fraction of sp³-hybridized carbons (Fsp3) is 0.688. The first kappa shape index (κ1) is 20.6. The first-order valence-electron chi connectivity index (χ1n) is 7.88. The molecular weight excluding hydrogens is 425 g/mol. The van der Waals surface area contributed by atoms with Gasteiger partial charge in [0, 0.05) is 25.8 Å². The molecule has 0 saturated heterocycles. The van der Waals surface area contributed by atoms with Gasteiger partial charge in [0.05, 0.1) is 25.5 Å². The van der Waals surface area contributed by atoms with Crippen molar-refractivity contribution in [2.24, 2.45) is 10.9 Å². The number of rotatable bonds is 10. The number of aliphatic imine (C=N–C) groups is 1. The quantitative estimate of drug-likeness (QED) is 0.247. The molecule has 1 atom stereocenters. The Balaban J connectivity index is 0.00000264. The number of guanidine groups is 1. The van der Waals surface area contributed by atoms with E-state index < -0.39 is 0 Å². The minimum atomic E-state index is 0. The highest BCUT2D eigenvalue weighted by molar-refractivity contribution is 14.0. The average molecular weight is 453 g/mol. The number of furan rings is 1. The lowest BCUT2D eigenvalue weighted by Gasteiger charge is -2.21. The summed E-state index contributed by atoms with van der Waals surface area (Å²) in [5.41, 5.74) is 0. The lowest BCUT2D eigenvalue weighted by molar-refractivity contribution is 0.165. The molecule has 1 heterocycles. The summed E-state index contributed by atoms with van der Waals surface area (Å²) >= 11 is 1.81. The molecule has 0 aliphatic heterocycles. The highest BCUT2D eigenvalue weighted by atomic mass is 127. The van der Waals surface area contributed by atoms with E-state index in [1.165, 1.54) is 12.8 Å². The lowest BCUT2D eigenvalue weighted by Crippen LogP contribution is -2.47. The first-order valence-corrected chi connectivity index (χ1v) is 9.28. The molecule has 23 heavy (non-hydrogen) atoms. The Morgan fingerprint density at radius 3 is 2.96 bits per heavy atom. The minimum Gasteiger partial charge on any atom is -0.469 e. The van der Waals surface area contributed by atoms with Crippen LogP contribution >= 0.6 is 35.7 Å². The van der Waals surface area contributed by atoms with Crippen LogP contribution in [0.2, 0.25) is 0 Å². The molecule has 0 amide bonds. The molecule has 0 radical (unpaired) electrons. The molecule has 0 bridgehead atoms. The van der Waals surface area contributed by atoms with Gasteiger partial charge in [0.25, 0.3) is 0 Å². The number of hydrogen-bond acceptors (Lipinski definition) is 4. The Bertz CT molecular complexity index is 439. The summed E-state index contributed by atoms with van der Waals surface area (Å²) < 4.78 is 10.7. The van der Waals surface area contributed by atoms with E-state index in [1.54, 1.807) is 13.4 Å². The van der Waals surface area contributed by atoms with Crippen molar-refractivity contribution < 1.29 is 9.15 Å². The Kier molecular flexibility index (Phi) is 10.8. The van der Waals surface area contributed by atoms with Gasteiger partial charge in [0.15, 0.2) is 5.96 Å². The van der Waals surface area contributed by atoms with Crippen molar-refractivity contribution in [2.75, 3.05) is 38.8 Å². The standard InChI is InChI=1S/C16H27N3O2S.HI/c1-20-12-15(13-5-6-13)19-16(18-9-11-22-2)17-8-7-14-4-3-10-21-14;/h3-4,10,13,15H,5-9,11-12H2,1-2H3,(H2,17,18,19);1H. The van der Waals surface area contributed by atoms with Crippen LogP contribution in [0.1, 0.15) is 18.6 Å². The zero-order chi connectivity index (χ0) is 15.6. The maximum Gasteiger partial charge on any atom is 0.191 e. The van der Waals surface area contributed by atoms with Crippen LogP contribution in [-0.4, -0.2) is 50.8 Å². The number of hydrogen-bond donors (Lipinski definition) is 2. The van der Waals surface area contributed by atoms with Crippen molar-refractivity contribution in [1.29, 1.82) is 0 Å². The highest BCUT2D eigenvalue weighted by Crippen LogP contribution is 2.32. The van der Waals surface area contributed by atoms with Gasteiger partial charge in [0.2, 0.25) is 0 Å². The van der Waals surface area contributed by atoms with Gasteiger partial charge in [-0.2, -0.15) is 11.8 Å². The van der Waals surface area contributed by atoms with Crippen LogP contribution in [-0.2, 0) is 11.2 Å². The lowest BCUT2D eigenvalue weighted by atomic mass is 10.2. The van der Waals surface area contributed by atoms with Crippen molar-refractivity contribution in [3.63, 3.8) is 0 Å². The number of methoxy groups -OCH3 is 1. The molecule has 1 aromatic heterocycles. The van der Waals surface area contributed by atoms with Gasteiger partial charge in [-0.3, -0.25) is 4.99 Å². The van der Waals surface area contributed by atoms with E-state index in [-0.39, 0.29) is 24.0 Å². The van der Waals surface area contributed by atoms with Crippen LogP contribution in [0, 0.1) is 5.92 Å². The van der Waals surface area contributed by atoms with E-state index in [2.05, 4.69) is 21.9 Å². The monoisotopic (exact) mass is 453 g/mol. The van der Waals surface area contributed by atoms with Gasteiger partial charge in [0.1, 0.15) is 5.76 Å². The second-order valence-electron chi connectivity index (χ2n) is 5.52. The van der Waals surface area contributed by atoms with Crippen LogP contribution in [0.3, 0.4) is 0 Å². The summed E-state index contributed by atoms with van der Waals surface area (Å²) in [6.07, 6.45) is 7.24. The third-order valence-corrected chi connectivity index (χ3v) is 4.26. The van der Waals surface area contributed by atoms with Gasteiger partial charge in [-0.05, 0) is 37.1 Å². The second kappa shape index (κ2) is 12.0. The smallest absolute Gasteiger partial charge is 0.191 e. The predicted molar refractivity (Wildman–Crippen MR) is 108 cm³/mol. The molecule has 132 valence electrons. The fourth-order valence-electron chi connectivity index (χ4n) is 2.31. The summed E-state index contributed by atoms with van der Waals surface area (Å²) in [5.74, 6) is 3.63. The molecule has 1 unspecified atom stereocenters. The third kappa shape index (κ3) is 8.30. The van der Waals surface area contributed by atoms with Gasteiger partial charge in [-0.1, -0.05) is 0 Å². The van der Waals surface area contributed by atoms with Gasteiger partial charge in [-0.25, -0.2) is 0 Å². The van der Waals surface area contributed by atoms with Gasteiger partial charge >= 0.3 is 0 Å². The summed E-state index contributed by atoms with van der Waals surface area (Å²) in [6.45, 7) is 2.36. The van der Waals surface area contributed by atoms with E-state index in [0.29, 0.717) is 6.04 Å². The molecular formula is C16H28IN3O2S. The average Bonchev–Trinajstić information content (AvgIpc) is 3.24. The van der Waals surface area contributed by atoms with Crippen LogP contribution in [0.15, 0.2) is 27.8 Å². The molecule has 1 aliphatic rings. The summed E-state index contributed by atoms with van der Waals surface area (Å²) in [7, 11) is 1.76. The molecule has 1 aromatic rings. The Labute approximate surface area is 160 Å². The zero-order valence-corrected chi connectivity index (χ0v) is 17.1. The molecule has 2 rings (SSSR count). The maximum atomic E-state index is 5.36. The van der Waals surface area contributed by atoms with E-state index in [1.807, 2.05) is 23.9 Å². The summed E-state index contributed by atoms with van der Waals surface area (Å²) in [5, 5.41) is 6.93. The number of thioether (sulfide) groups is 1. The molecule has 1 aliphatic carbocycles. The Morgan fingerprint density at radius 2 is 2.35 bits per heavy atom. The van der Waals surface area contributed by atoms with Gasteiger partial charge in [-0.15, -0.1) is 24.0 Å². The maximum absolute atomic E-state index is 5.36. The first-order chi connectivity index (χ1) is 10.8. The molecule has 1 fully saturated rings. The van der Waals surface area contributed by atoms with Crippen LogP contribution in [0.25, 0.3) is 0 Å². The van der Waals surface area contributed by atoms with Crippen molar-refractivity contribution in [3.05, 3.63) is 24.2 Å².